The van der Waals surface area contributed by atoms with Crippen molar-refractivity contribution < 1.29 is 19.5 Å². The molecule has 0 aromatic rings. The highest BCUT2D eigenvalue weighted by Crippen LogP contribution is 2.27. The molecule has 16 heavy (non-hydrogen) atoms. The number of Topliss-reactive ketones (excluding diaryl/α,β-unsaturated/α-hetero) is 1. The molecule has 0 saturated carbocycles. The van der Waals surface area contributed by atoms with E-state index in [0.717, 1.165) is 19.3 Å². The highest BCUT2D eigenvalue weighted by Gasteiger charge is 2.33. The first kappa shape index (κ1) is 12.6. The number of nitrogens with zero attached hydrogens (tertiary/aromatic N) is 2. The van der Waals surface area contributed by atoms with Gasteiger partial charge >= 0.3 is 11.7 Å². The maximum absolute atomic E-state index is 11.7. The quantitative estimate of drug-likeness (QED) is 0.354. The molecule has 0 radical (unpaired) electrons. The first-order valence-corrected chi connectivity index (χ1v) is 5.33. The smallest absolute Gasteiger partial charge is 0.445 e. The second kappa shape index (κ2) is 5.58. The fourth-order valence-corrected chi connectivity index (χ4v) is 1.92. The molecule has 1 N–H and O–H groups in total. The van der Waals surface area contributed by atoms with E-state index in [0.29, 0.717) is 17.9 Å². The predicted octanol–water partition coefficient (Wildman–Crippen LogP) is 1.77. The molecule has 0 heterocycles. The van der Waals surface area contributed by atoms with Gasteiger partial charge in [-0.15, -0.1) is 0 Å². The summed E-state index contributed by atoms with van der Waals surface area (Å²) in [6.07, 6.45) is 3.63. The summed E-state index contributed by atoms with van der Waals surface area (Å²) >= 11 is 5.92. The van der Waals surface area contributed by atoms with Crippen molar-refractivity contribution >= 4 is 29.1 Å². The average Bonchev–Trinajstić information content (AvgIpc) is 2.43. The van der Waals surface area contributed by atoms with E-state index in [4.69, 9.17) is 22.2 Å². The molecule has 1 aliphatic carbocycles. The molecule has 0 aliphatic heterocycles. The molecular formula is C10H11ClN2O3. The molecule has 0 fully saturated rings. The number of carbonyl (C=O) groups is 2. The average molecular weight is 243 g/mol. The van der Waals surface area contributed by atoms with Gasteiger partial charge in [-0.05, 0) is 25.7 Å². The van der Waals surface area contributed by atoms with Crippen LogP contribution in [0, 0.1) is 0 Å². The van der Waals surface area contributed by atoms with Crippen molar-refractivity contribution in [2.24, 2.45) is 0 Å². The third kappa shape index (κ3) is 2.78. The van der Waals surface area contributed by atoms with Gasteiger partial charge in [0, 0.05) is 10.6 Å². The van der Waals surface area contributed by atoms with E-state index >= 15 is 0 Å². The number of ketones is 1. The van der Waals surface area contributed by atoms with Gasteiger partial charge in [0.15, 0.2) is 0 Å². The number of allylic oxidation sites excluding steroid dienone is 2. The first-order valence-electron chi connectivity index (χ1n) is 4.95. The molecule has 1 aliphatic rings. The van der Waals surface area contributed by atoms with Crippen LogP contribution in [-0.2, 0) is 9.59 Å². The van der Waals surface area contributed by atoms with Crippen LogP contribution >= 0.6 is 11.6 Å². The molecule has 1 rings (SSSR count). The molecular weight excluding hydrogens is 232 g/mol. The second-order valence-corrected chi connectivity index (χ2v) is 3.98. The van der Waals surface area contributed by atoms with Crippen molar-refractivity contribution in [2.75, 3.05) is 0 Å². The zero-order chi connectivity index (χ0) is 12.1. The SMILES string of the molecule is [N-]=[N+]=C(C(=O)O)C(=O)C1=C(Cl)CCCCC1. The Bertz CT molecular complexity index is 408. The third-order valence-corrected chi connectivity index (χ3v) is 2.86. The van der Waals surface area contributed by atoms with E-state index < -0.39 is 17.5 Å². The number of hydrogen-bond donors (Lipinski definition) is 1. The Morgan fingerprint density at radius 3 is 2.44 bits per heavy atom. The fraction of sp³-hybridized carbons (Fsp3) is 0.500. The van der Waals surface area contributed by atoms with E-state index in [9.17, 15) is 9.59 Å². The molecule has 0 aromatic carbocycles. The van der Waals surface area contributed by atoms with Gasteiger partial charge in [0.2, 0.25) is 0 Å². The topological polar surface area (TPSA) is 90.8 Å². The Hall–Kier alpha value is -1.45. The van der Waals surface area contributed by atoms with Crippen LogP contribution in [0.2, 0.25) is 0 Å². The van der Waals surface area contributed by atoms with Gasteiger partial charge in [-0.1, -0.05) is 18.0 Å². The Labute approximate surface area is 97.3 Å². The molecule has 5 nitrogen and oxygen atoms in total. The van der Waals surface area contributed by atoms with E-state index in [2.05, 4.69) is 4.79 Å². The summed E-state index contributed by atoms with van der Waals surface area (Å²) < 4.78 is 0. The Balaban J connectivity index is 3.04. The summed E-state index contributed by atoms with van der Waals surface area (Å²) in [5, 5.41) is 9.03. The molecule has 0 amide bonds. The van der Waals surface area contributed by atoms with Gasteiger partial charge in [0.1, 0.15) is 0 Å². The highest BCUT2D eigenvalue weighted by molar-refractivity contribution is 6.65. The lowest BCUT2D eigenvalue weighted by Gasteiger charge is -2.01. The number of halogens is 1. The lowest BCUT2D eigenvalue weighted by Crippen LogP contribution is -2.26. The minimum Gasteiger partial charge on any atom is -0.472 e. The number of carbonyl (C=O) groups excluding carboxylic acids is 1. The number of carboxylic acid groups (broad SMARTS) is 1. The minimum atomic E-state index is -1.55. The maximum atomic E-state index is 11.7. The lowest BCUT2D eigenvalue weighted by molar-refractivity contribution is -0.136. The van der Waals surface area contributed by atoms with Crippen molar-refractivity contribution in [3.63, 3.8) is 0 Å². The summed E-state index contributed by atoms with van der Waals surface area (Å²) in [6.45, 7) is 0. The molecule has 0 aromatic heterocycles. The van der Waals surface area contributed by atoms with E-state index in [1.165, 1.54) is 0 Å². The Kier molecular flexibility index (Phi) is 4.40. The van der Waals surface area contributed by atoms with Gasteiger partial charge in [0.25, 0.3) is 5.78 Å². The van der Waals surface area contributed by atoms with Crippen LogP contribution in [0.1, 0.15) is 32.1 Å². The van der Waals surface area contributed by atoms with Crippen LogP contribution in [0.4, 0.5) is 0 Å². The summed E-state index contributed by atoms with van der Waals surface area (Å²) in [7, 11) is 0. The molecule has 0 saturated heterocycles. The van der Waals surface area contributed by atoms with Crippen LogP contribution in [0.25, 0.3) is 5.53 Å². The van der Waals surface area contributed by atoms with E-state index in [-0.39, 0.29) is 5.57 Å². The van der Waals surface area contributed by atoms with Crippen LogP contribution in [0.5, 0.6) is 0 Å². The van der Waals surface area contributed by atoms with Crippen molar-refractivity contribution in [2.45, 2.75) is 32.1 Å². The second-order valence-electron chi connectivity index (χ2n) is 3.53. The van der Waals surface area contributed by atoms with Gasteiger partial charge in [-0.25, -0.2) is 4.79 Å². The Morgan fingerprint density at radius 1 is 1.25 bits per heavy atom. The lowest BCUT2D eigenvalue weighted by atomic mass is 10.0. The maximum Gasteiger partial charge on any atom is 0.445 e. The van der Waals surface area contributed by atoms with Crippen molar-refractivity contribution in [3.8, 4) is 0 Å². The van der Waals surface area contributed by atoms with Crippen LogP contribution in [0.15, 0.2) is 10.6 Å². The molecule has 0 spiro atoms. The number of carboxylic acids is 1. The number of hydrogen-bond acceptors (Lipinski definition) is 2. The standard InChI is InChI=1S/C10H11ClN2O3/c11-7-5-3-1-2-4-6(7)9(14)8(13-12)10(15)16/h1-5H2,(H,15,16). The number of aliphatic carboxylic acids is 1. The van der Waals surface area contributed by atoms with Crippen LogP contribution in [-0.4, -0.2) is 27.4 Å². The molecule has 0 atom stereocenters. The third-order valence-electron chi connectivity index (χ3n) is 2.44. The molecule has 0 bridgehead atoms. The zero-order valence-electron chi connectivity index (χ0n) is 8.57. The van der Waals surface area contributed by atoms with Gasteiger partial charge in [0.05, 0.1) is 0 Å². The van der Waals surface area contributed by atoms with Gasteiger partial charge < -0.3 is 10.6 Å². The van der Waals surface area contributed by atoms with Crippen molar-refractivity contribution in [1.29, 1.82) is 0 Å². The predicted molar refractivity (Wildman–Crippen MR) is 57.2 cm³/mol. The monoisotopic (exact) mass is 242 g/mol. The van der Waals surface area contributed by atoms with Gasteiger partial charge in [-0.3, -0.25) is 4.79 Å². The van der Waals surface area contributed by atoms with Crippen molar-refractivity contribution in [3.05, 3.63) is 16.1 Å². The van der Waals surface area contributed by atoms with Crippen molar-refractivity contribution in [1.82, 2.24) is 0 Å². The zero-order valence-corrected chi connectivity index (χ0v) is 9.33. The van der Waals surface area contributed by atoms with E-state index in [1.807, 2.05) is 0 Å². The fourth-order valence-electron chi connectivity index (χ4n) is 1.61. The molecule has 0 unspecified atom stereocenters. The van der Waals surface area contributed by atoms with E-state index in [1.54, 1.807) is 0 Å². The summed E-state index contributed by atoms with van der Waals surface area (Å²) in [6, 6.07) is 0. The highest BCUT2D eigenvalue weighted by atomic mass is 35.5. The van der Waals surface area contributed by atoms with Crippen LogP contribution in [0.3, 0.4) is 0 Å². The summed E-state index contributed by atoms with van der Waals surface area (Å²) in [5.74, 6) is -2.34. The minimum absolute atomic E-state index is 0.259. The molecule has 86 valence electrons. The summed E-state index contributed by atoms with van der Waals surface area (Å²) in [5.41, 5.74) is 7.85. The largest absolute Gasteiger partial charge is 0.472 e. The molecule has 6 heteroatoms. The summed E-state index contributed by atoms with van der Waals surface area (Å²) in [4.78, 5) is 24.9. The van der Waals surface area contributed by atoms with Gasteiger partial charge in [-0.2, -0.15) is 4.79 Å². The van der Waals surface area contributed by atoms with Crippen LogP contribution < -0.4 is 0 Å². The normalized spacial score (nSPS) is 16.3. The number of rotatable bonds is 3. The first-order chi connectivity index (χ1) is 7.57. The Morgan fingerprint density at radius 2 is 1.88 bits per heavy atom.